The van der Waals surface area contributed by atoms with E-state index in [4.69, 9.17) is 9.47 Å². The van der Waals surface area contributed by atoms with E-state index in [1.165, 1.54) is 14.0 Å². The number of benzene rings is 1. The summed E-state index contributed by atoms with van der Waals surface area (Å²) in [4.78, 5) is 48.0. The highest BCUT2D eigenvalue weighted by molar-refractivity contribution is 5.96. The number of Topliss-reactive ketones (excluding diaryl/α,β-unsaturated/α-hetero) is 1. The fourth-order valence-corrected chi connectivity index (χ4v) is 4.20. The monoisotopic (exact) mass is 402 g/mol. The van der Waals surface area contributed by atoms with Crippen molar-refractivity contribution in [1.29, 1.82) is 0 Å². The van der Waals surface area contributed by atoms with Gasteiger partial charge in [-0.2, -0.15) is 0 Å². The second-order valence-corrected chi connectivity index (χ2v) is 7.65. The summed E-state index contributed by atoms with van der Waals surface area (Å²) in [6, 6.07) is 4.83. The topological polar surface area (TPSA) is 111 Å². The highest BCUT2D eigenvalue weighted by atomic mass is 16.5. The fourth-order valence-electron chi connectivity index (χ4n) is 4.20. The van der Waals surface area contributed by atoms with Gasteiger partial charge in [-0.05, 0) is 43.9 Å². The van der Waals surface area contributed by atoms with Crippen molar-refractivity contribution in [2.24, 2.45) is 17.8 Å². The molecule has 2 amide bonds. The van der Waals surface area contributed by atoms with Gasteiger partial charge in [-0.15, -0.1) is 0 Å². The zero-order valence-corrected chi connectivity index (χ0v) is 16.7. The minimum atomic E-state index is -0.510. The van der Waals surface area contributed by atoms with E-state index in [0.717, 1.165) is 19.3 Å². The predicted molar refractivity (Wildman–Crippen MR) is 105 cm³/mol. The van der Waals surface area contributed by atoms with Crippen molar-refractivity contribution in [1.82, 2.24) is 0 Å². The summed E-state index contributed by atoms with van der Waals surface area (Å²) < 4.78 is 10.4. The molecule has 2 aliphatic carbocycles. The molecule has 0 spiro atoms. The van der Waals surface area contributed by atoms with Crippen molar-refractivity contribution >= 4 is 34.9 Å². The van der Waals surface area contributed by atoms with Crippen molar-refractivity contribution in [3.8, 4) is 5.75 Å². The maximum absolute atomic E-state index is 12.4. The lowest BCUT2D eigenvalue weighted by molar-refractivity contribution is -0.155. The number of ether oxygens (including phenoxy) is 2. The number of carbonyl (C=O) groups is 4. The van der Waals surface area contributed by atoms with Crippen LogP contribution in [0.25, 0.3) is 0 Å². The summed E-state index contributed by atoms with van der Waals surface area (Å²) in [6.07, 6.45) is 3.74. The number of hydrogen-bond acceptors (Lipinski definition) is 6. The Morgan fingerprint density at radius 2 is 1.79 bits per heavy atom. The van der Waals surface area contributed by atoms with Crippen LogP contribution in [-0.4, -0.2) is 37.3 Å². The average Bonchev–Trinajstić information content (AvgIpc) is 2.65. The first-order valence-electron chi connectivity index (χ1n) is 9.83. The Labute approximate surface area is 169 Å². The number of nitrogens with one attached hydrogen (secondary N) is 2. The zero-order valence-electron chi connectivity index (χ0n) is 16.7. The van der Waals surface area contributed by atoms with E-state index in [1.54, 1.807) is 18.2 Å². The van der Waals surface area contributed by atoms with Gasteiger partial charge >= 0.3 is 5.97 Å². The first kappa shape index (κ1) is 20.8. The molecule has 2 atom stereocenters. The number of carbonyl (C=O) groups excluding carboxylic acids is 4. The third kappa shape index (κ3) is 5.13. The predicted octanol–water partition coefficient (Wildman–Crippen LogP) is 2.53. The van der Waals surface area contributed by atoms with E-state index in [2.05, 4.69) is 10.6 Å². The summed E-state index contributed by atoms with van der Waals surface area (Å²) in [5.41, 5.74) is 0.863. The molecule has 0 aliphatic heterocycles. The quantitative estimate of drug-likeness (QED) is 0.708. The van der Waals surface area contributed by atoms with Crippen LogP contribution in [0.3, 0.4) is 0 Å². The van der Waals surface area contributed by atoms with Gasteiger partial charge in [0.2, 0.25) is 5.91 Å². The number of hydrogen-bond donors (Lipinski definition) is 2. The minimum Gasteiger partial charge on any atom is -0.495 e. The number of rotatable bonds is 6. The van der Waals surface area contributed by atoms with E-state index in [0.29, 0.717) is 30.0 Å². The van der Waals surface area contributed by atoms with Gasteiger partial charge in [0.25, 0.3) is 5.91 Å². The van der Waals surface area contributed by atoms with Crippen LogP contribution >= 0.6 is 0 Å². The van der Waals surface area contributed by atoms with E-state index < -0.39 is 18.5 Å². The molecule has 8 heteroatoms. The Hall–Kier alpha value is -2.90. The molecule has 0 heterocycles. The first-order chi connectivity index (χ1) is 13.9. The number of anilines is 2. The van der Waals surface area contributed by atoms with Gasteiger partial charge in [-0.25, -0.2) is 0 Å². The number of esters is 1. The van der Waals surface area contributed by atoms with Crippen LogP contribution < -0.4 is 15.4 Å². The van der Waals surface area contributed by atoms with Crippen molar-refractivity contribution in [2.45, 2.75) is 39.0 Å². The first-order valence-corrected chi connectivity index (χ1v) is 9.83. The molecule has 1 aromatic carbocycles. The summed E-state index contributed by atoms with van der Waals surface area (Å²) >= 11 is 0. The molecule has 0 unspecified atom stereocenters. The molecule has 0 aromatic heterocycles. The van der Waals surface area contributed by atoms with E-state index >= 15 is 0 Å². The molecular formula is C21H26N2O6. The normalized spacial score (nSPS) is 23.1. The molecule has 0 radical (unpaired) electrons. The molecule has 8 nitrogen and oxygen atoms in total. The molecule has 2 aliphatic rings. The molecule has 0 saturated heterocycles. The molecule has 2 saturated carbocycles. The summed E-state index contributed by atoms with van der Waals surface area (Å²) in [6.45, 7) is 0.959. The van der Waals surface area contributed by atoms with Crippen LogP contribution in [0.4, 0.5) is 11.4 Å². The lowest BCUT2D eigenvalue weighted by Crippen LogP contribution is -2.40. The van der Waals surface area contributed by atoms with Crippen molar-refractivity contribution in [3.63, 3.8) is 0 Å². The van der Waals surface area contributed by atoms with Gasteiger partial charge in [-0.3, -0.25) is 19.2 Å². The van der Waals surface area contributed by atoms with Crippen molar-refractivity contribution in [2.75, 3.05) is 24.4 Å². The van der Waals surface area contributed by atoms with E-state index in [9.17, 15) is 19.2 Å². The Bertz CT molecular complexity index is 805. The Morgan fingerprint density at radius 3 is 2.41 bits per heavy atom. The maximum atomic E-state index is 12.4. The number of amides is 2. The van der Waals surface area contributed by atoms with Gasteiger partial charge in [0.15, 0.2) is 6.61 Å². The zero-order chi connectivity index (χ0) is 21.0. The Morgan fingerprint density at radius 1 is 1.10 bits per heavy atom. The van der Waals surface area contributed by atoms with Crippen LogP contribution in [0.2, 0.25) is 0 Å². The summed E-state index contributed by atoms with van der Waals surface area (Å²) in [7, 11) is 1.46. The van der Waals surface area contributed by atoms with Crippen molar-refractivity contribution < 1.29 is 28.7 Å². The lowest BCUT2D eigenvalue weighted by Gasteiger charge is -2.36. The van der Waals surface area contributed by atoms with Gasteiger partial charge in [0.05, 0.1) is 18.7 Å². The molecular weight excluding hydrogens is 376 g/mol. The minimum absolute atomic E-state index is 0.0466. The summed E-state index contributed by atoms with van der Waals surface area (Å²) in [5, 5.41) is 5.26. The highest BCUT2D eigenvalue weighted by Gasteiger charge is 2.41. The van der Waals surface area contributed by atoms with Gasteiger partial charge in [0.1, 0.15) is 11.5 Å². The molecule has 2 bridgehead atoms. The fraction of sp³-hybridized carbons (Fsp3) is 0.524. The second-order valence-electron chi connectivity index (χ2n) is 7.65. The molecule has 29 heavy (non-hydrogen) atoms. The largest absolute Gasteiger partial charge is 0.495 e. The third-order valence-electron chi connectivity index (χ3n) is 5.52. The van der Waals surface area contributed by atoms with Crippen LogP contribution in [-0.2, 0) is 23.9 Å². The van der Waals surface area contributed by atoms with Crippen LogP contribution in [0, 0.1) is 17.8 Å². The SMILES string of the molecule is COc1ccc(NC(C)=O)cc1NC(=O)COC(=O)C1C[C@H]2CCC[C@H](C1)C2=O. The number of fused-ring (bicyclic) bond motifs is 2. The van der Waals surface area contributed by atoms with Gasteiger partial charge in [0, 0.05) is 24.4 Å². The van der Waals surface area contributed by atoms with Gasteiger partial charge in [-0.1, -0.05) is 6.42 Å². The summed E-state index contributed by atoms with van der Waals surface area (Å²) in [5.74, 6) is -0.899. The second kappa shape index (κ2) is 9.07. The Kier molecular flexibility index (Phi) is 6.51. The Balaban J connectivity index is 1.55. The lowest BCUT2D eigenvalue weighted by atomic mass is 9.67. The highest BCUT2D eigenvalue weighted by Crippen LogP contribution is 2.40. The van der Waals surface area contributed by atoms with Crippen LogP contribution in [0.15, 0.2) is 18.2 Å². The molecule has 2 fully saturated rings. The van der Waals surface area contributed by atoms with E-state index in [1.807, 2.05) is 0 Å². The smallest absolute Gasteiger partial charge is 0.309 e. The van der Waals surface area contributed by atoms with Crippen molar-refractivity contribution in [3.05, 3.63) is 18.2 Å². The molecule has 1 aromatic rings. The maximum Gasteiger partial charge on any atom is 0.309 e. The standard InChI is InChI=1S/C21H26N2O6/c1-12(24)22-16-6-7-18(28-2)17(10-16)23-19(25)11-29-21(27)15-8-13-4-3-5-14(9-15)20(13)26/h6-7,10,13-15H,3-5,8-9,11H2,1-2H3,(H,22,24)(H,23,25)/t13-,14-/m1/s1. The molecule has 156 valence electrons. The van der Waals surface area contributed by atoms with Gasteiger partial charge < -0.3 is 20.1 Å². The number of methoxy groups -OCH3 is 1. The number of ketones is 1. The third-order valence-corrected chi connectivity index (χ3v) is 5.52. The van der Waals surface area contributed by atoms with Crippen LogP contribution in [0.1, 0.15) is 39.0 Å². The van der Waals surface area contributed by atoms with Crippen LogP contribution in [0.5, 0.6) is 5.75 Å². The average molecular weight is 402 g/mol. The molecule has 3 rings (SSSR count). The van der Waals surface area contributed by atoms with E-state index in [-0.39, 0.29) is 29.4 Å². The molecule has 2 N–H and O–H groups in total.